The van der Waals surface area contributed by atoms with Gasteiger partial charge in [-0.15, -0.1) is 0 Å². The summed E-state index contributed by atoms with van der Waals surface area (Å²) >= 11 is 0. The summed E-state index contributed by atoms with van der Waals surface area (Å²) in [4.78, 5) is 18.0. The Hall–Kier alpha value is -3.60. The van der Waals surface area contributed by atoms with Crippen LogP contribution in [0.1, 0.15) is 12.5 Å². The van der Waals surface area contributed by atoms with Crippen LogP contribution >= 0.6 is 0 Å². The standard InChI is InChI=1S/C25H24N2O3/c1-3-18-8-12-21(13-9-18)30-17-16-27-24(19-10-14-20(29-2)15-11-19)26-23-7-5-4-6-22(23)25(27)28/h4-15H,3,16-17H2,1-2H3. The molecule has 30 heavy (non-hydrogen) atoms. The highest BCUT2D eigenvalue weighted by Crippen LogP contribution is 2.22. The highest BCUT2D eigenvalue weighted by Gasteiger charge is 2.13. The number of para-hydroxylation sites is 1. The molecule has 0 fully saturated rings. The number of hydrogen-bond acceptors (Lipinski definition) is 4. The predicted molar refractivity (Wildman–Crippen MR) is 119 cm³/mol. The maximum Gasteiger partial charge on any atom is 0.261 e. The fourth-order valence-electron chi connectivity index (χ4n) is 3.41. The summed E-state index contributed by atoms with van der Waals surface area (Å²) in [6.45, 7) is 2.89. The van der Waals surface area contributed by atoms with Gasteiger partial charge in [-0.25, -0.2) is 4.98 Å². The van der Waals surface area contributed by atoms with Crippen molar-refractivity contribution in [2.75, 3.05) is 13.7 Å². The van der Waals surface area contributed by atoms with Crippen molar-refractivity contribution in [3.63, 3.8) is 0 Å². The summed E-state index contributed by atoms with van der Waals surface area (Å²) < 4.78 is 12.8. The third kappa shape index (κ3) is 4.06. The van der Waals surface area contributed by atoms with Crippen molar-refractivity contribution < 1.29 is 9.47 Å². The smallest absolute Gasteiger partial charge is 0.261 e. The summed E-state index contributed by atoms with van der Waals surface area (Å²) in [7, 11) is 1.63. The van der Waals surface area contributed by atoms with Crippen LogP contribution in [0, 0.1) is 0 Å². The second-order valence-electron chi connectivity index (χ2n) is 6.98. The van der Waals surface area contributed by atoms with Crippen LogP contribution in [0.4, 0.5) is 0 Å². The molecule has 0 unspecified atom stereocenters. The summed E-state index contributed by atoms with van der Waals surface area (Å²) in [6.07, 6.45) is 0.990. The molecular formula is C25H24N2O3. The largest absolute Gasteiger partial charge is 0.497 e. The molecule has 0 N–H and O–H groups in total. The Morgan fingerprint density at radius 3 is 2.30 bits per heavy atom. The average Bonchev–Trinajstić information content (AvgIpc) is 2.81. The quantitative estimate of drug-likeness (QED) is 0.451. The van der Waals surface area contributed by atoms with Crippen LogP contribution in [-0.2, 0) is 13.0 Å². The normalized spacial score (nSPS) is 10.9. The van der Waals surface area contributed by atoms with E-state index in [0.29, 0.717) is 29.9 Å². The number of methoxy groups -OCH3 is 1. The molecule has 0 saturated heterocycles. The molecule has 0 aliphatic rings. The molecule has 4 rings (SSSR count). The van der Waals surface area contributed by atoms with E-state index < -0.39 is 0 Å². The fraction of sp³-hybridized carbons (Fsp3) is 0.200. The third-order valence-electron chi connectivity index (χ3n) is 5.13. The molecule has 0 radical (unpaired) electrons. The van der Waals surface area contributed by atoms with E-state index in [1.807, 2.05) is 60.7 Å². The predicted octanol–water partition coefficient (Wildman–Crippen LogP) is 4.71. The average molecular weight is 400 g/mol. The number of ether oxygens (including phenoxy) is 2. The number of rotatable bonds is 7. The number of benzene rings is 3. The lowest BCUT2D eigenvalue weighted by Crippen LogP contribution is -2.26. The molecule has 1 aromatic heterocycles. The van der Waals surface area contributed by atoms with Crippen LogP contribution in [0.3, 0.4) is 0 Å². The Kier molecular flexibility index (Phi) is 5.80. The van der Waals surface area contributed by atoms with Crippen molar-refractivity contribution in [1.29, 1.82) is 0 Å². The summed E-state index contributed by atoms with van der Waals surface area (Å²) in [5.41, 5.74) is 2.72. The van der Waals surface area contributed by atoms with Gasteiger partial charge < -0.3 is 9.47 Å². The molecule has 0 atom stereocenters. The van der Waals surface area contributed by atoms with Crippen molar-refractivity contribution in [1.82, 2.24) is 9.55 Å². The minimum absolute atomic E-state index is 0.0728. The van der Waals surface area contributed by atoms with E-state index in [4.69, 9.17) is 14.5 Å². The molecule has 3 aromatic carbocycles. The van der Waals surface area contributed by atoms with E-state index in [1.54, 1.807) is 11.7 Å². The minimum Gasteiger partial charge on any atom is -0.497 e. The zero-order valence-electron chi connectivity index (χ0n) is 17.2. The second-order valence-corrected chi connectivity index (χ2v) is 6.98. The van der Waals surface area contributed by atoms with Gasteiger partial charge in [-0.05, 0) is 60.5 Å². The summed E-state index contributed by atoms with van der Waals surface area (Å²) in [6, 6.07) is 23.0. The first-order chi connectivity index (χ1) is 14.7. The number of hydrogen-bond donors (Lipinski definition) is 0. The molecule has 1 heterocycles. The van der Waals surface area contributed by atoms with E-state index >= 15 is 0 Å². The molecule has 0 bridgehead atoms. The Morgan fingerprint density at radius 1 is 0.900 bits per heavy atom. The summed E-state index contributed by atoms with van der Waals surface area (Å²) in [5, 5.41) is 0.599. The maximum atomic E-state index is 13.2. The first kappa shape index (κ1) is 19.7. The maximum absolute atomic E-state index is 13.2. The molecule has 0 saturated carbocycles. The Labute approximate surface area is 175 Å². The highest BCUT2D eigenvalue weighted by molar-refractivity contribution is 5.79. The van der Waals surface area contributed by atoms with Crippen molar-refractivity contribution in [2.24, 2.45) is 0 Å². The number of aryl methyl sites for hydroxylation is 1. The van der Waals surface area contributed by atoms with E-state index in [-0.39, 0.29) is 5.56 Å². The first-order valence-electron chi connectivity index (χ1n) is 10.1. The van der Waals surface area contributed by atoms with E-state index in [2.05, 4.69) is 19.1 Å². The monoisotopic (exact) mass is 400 g/mol. The molecular weight excluding hydrogens is 376 g/mol. The minimum atomic E-state index is -0.0728. The van der Waals surface area contributed by atoms with Crippen LogP contribution in [0.25, 0.3) is 22.3 Å². The first-order valence-corrected chi connectivity index (χ1v) is 10.1. The second kappa shape index (κ2) is 8.82. The van der Waals surface area contributed by atoms with Crippen molar-refractivity contribution >= 4 is 10.9 Å². The zero-order chi connectivity index (χ0) is 20.9. The van der Waals surface area contributed by atoms with Gasteiger partial charge in [0.1, 0.15) is 23.9 Å². The van der Waals surface area contributed by atoms with E-state index in [1.165, 1.54) is 5.56 Å². The van der Waals surface area contributed by atoms with E-state index in [9.17, 15) is 4.79 Å². The van der Waals surface area contributed by atoms with Crippen LogP contribution in [-0.4, -0.2) is 23.3 Å². The molecule has 0 aliphatic heterocycles. The topological polar surface area (TPSA) is 53.4 Å². The highest BCUT2D eigenvalue weighted by atomic mass is 16.5. The molecule has 5 nitrogen and oxygen atoms in total. The summed E-state index contributed by atoms with van der Waals surface area (Å²) in [5.74, 6) is 2.17. The molecule has 0 amide bonds. The number of aromatic nitrogens is 2. The van der Waals surface area contributed by atoms with Gasteiger partial charge in [0.15, 0.2) is 0 Å². The van der Waals surface area contributed by atoms with E-state index in [0.717, 1.165) is 23.5 Å². The van der Waals surface area contributed by atoms with Crippen LogP contribution < -0.4 is 15.0 Å². The van der Waals surface area contributed by atoms with Crippen molar-refractivity contribution in [2.45, 2.75) is 19.9 Å². The fourth-order valence-corrected chi connectivity index (χ4v) is 3.41. The van der Waals surface area contributed by atoms with Gasteiger partial charge in [0.25, 0.3) is 5.56 Å². The third-order valence-corrected chi connectivity index (χ3v) is 5.13. The lowest BCUT2D eigenvalue weighted by Gasteiger charge is -2.15. The lowest BCUT2D eigenvalue weighted by atomic mass is 10.1. The lowest BCUT2D eigenvalue weighted by molar-refractivity contribution is 0.297. The van der Waals surface area contributed by atoms with Gasteiger partial charge in [0.05, 0.1) is 24.6 Å². The Bertz CT molecular complexity index is 1200. The number of nitrogens with zero attached hydrogens (tertiary/aromatic N) is 2. The molecule has 4 aromatic rings. The van der Waals surface area contributed by atoms with Gasteiger partial charge in [-0.1, -0.05) is 31.2 Å². The number of fused-ring (bicyclic) bond motifs is 1. The van der Waals surface area contributed by atoms with Gasteiger partial charge in [0, 0.05) is 5.56 Å². The van der Waals surface area contributed by atoms with Gasteiger partial charge in [0.2, 0.25) is 0 Å². The van der Waals surface area contributed by atoms with Gasteiger partial charge >= 0.3 is 0 Å². The van der Waals surface area contributed by atoms with Crippen LogP contribution in [0.5, 0.6) is 11.5 Å². The molecule has 152 valence electrons. The van der Waals surface area contributed by atoms with Gasteiger partial charge in [-0.2, -0.15) is 0 Å². The Morgan fingerprint density at radius 2 is 1.60 bits per heavy atom. The zero-order valence-corrected chi connectivity index (χ0v) is 17.2. The Balaban J connectivity index is 1.67. The van der Waals surface area contributed by atoms with Crippen LogP contribution in [0.15, 0.2) is 77.6 Å². The molecule has 0 aliphatic carbocycles. The van der Waals surface area contributed by atoms with Crippen molar-refractivity contribution in [3.05, 3.63) is 88.7 Å². The molecule has 5 heteroatoms. The van der Waals surface area contributed by atoms with Crippen LogP contribution in [0.2, 0.25) is 0 Å². The van der Waals surface area contributed by atoms with Crippen molar-refractivity contribution in [3.8, 4) is 22.9 Å². The van der Waals surface area contributed by atoms with Gasteiger partial charge in [-0.3, -0.25) is 9.36 Å². The molecule has 0 spiro atoms. The SMILES string of the molecule is CCc1ccc(OCCn2c(-c3ccc(OC)cc3)nc3ccccc3c2=O)cc1.